The minimum Gasteiger partial charge on any atom is -0.466 e. The first-order valence-electron chi connectivity index (χ1n) is 12.2. The highest BCUT2D eigenvalue weighted by atomic mass is 32.1. The van der Waals surface area contributed by atoms with Gasteiger partial charge in [0.25, 0.3) is 5.91 Å². The highest BCUT2D eigenvalue weighted by molar-refractivity contribution is 7.80. The van der Waals surface area contributed by atoms with E-state index in [9.17, 15) is 19.2 Å². The van der Waals surface area contributed by atoms with Crippen LogP contribution in [0.5, 0.6) is 0 Å². The fourth-order valence-corrected chi connectivity index (χ4v) is 3.43. The number of ether oxygens (including phenoxy) is 1. The van der Waals surface area contributed by atoms with Crippen LogP contribution < -0.4 is 21.5 Å². The molecule has 0 saturated heterocycles. The van der Waals surface area contributed by atoms with Crippen LogP contribution >= 0.6 is 12.2 Å². The molecule has 0 saturated carbocycles. The van der Waals surface area contributed by atoms with Crippen molar-refractivity contribution in [1.82, 2.24) is 16.2 Å². The lowest BCUT2D eigenvalue weighted by molar-refractivity contribution is -0.143. The maximum atomic E-state index is 12.3. The molecule has 0 aliphatic heterocycles. The lowest BCUT2D eigenvalue weighted by atomic mass is 10.1. The van der Waals surface area contributed by atoms with Crippen molar-refractivity contribution in [3.63, 3.8) is 0 Å². The summed E-state index contributed by atoms with van der Waals surface area (Å²) in [5, 5.41) is 5.14. The predicted octanol–water partition coefficient (Wildman–Crippen LogP) is 3.65. The van der Waals surface area contributed by atoms with Crippen LogP contribution in [0.1, 0.15) is 61.9 Å². The molecule has 0 spiro atoms. The van der Waals surface area contributed by atoms with Crippen molar-refractivity contribution in [2.75, 3.05) is 11.9 Å². The van der Waals surface area contributed by atoms with Gasteiger partial charge in [0, 0.05) is 30.5 Å². The van der Waals surface area contributed by atoms with Gasteiger partial charge in [0.05, 0.1) is 6.61 Å². The molecule has 0 aliphatic rings. The molecule has 198 valence electrons. The number of amides is 3. The maximum Gasteiger partial charge on any atom is 0.305 e. The Balaban J connectivity index is 1.57. The Morgan fingerprint density at radius 2 is 1.57 bits per heavy atom. The number of hydrazine groups is 1. The molecule has 0 radical (unpaired) electrons. The van der Waals surface area contributed by atoms with E-state index < -0.39 is 5.91 Å². The molecule has 37 heavy (non-hydrogen) atoms. The van der Waals surface area contributed by atoms with Crippen LogP contribution in [0.3, 0.4) is 0 Å². The zero-order valence-corrected chi connectivity index (χ0v) is 22.0. The first-order chi connectivity index (χ1) is 17.7. The van der Waals surface area contributed by atoms with Gasteiger partial charge < -0.3 is 15.4 Å². The van der Waals surface area contributed by atoms with Crippen molar-refractivity contribution in [2.45, 2.75) is 52.4 Å². The van der Waals surface area contributed by atoms with Crippen LogP contribution in [0.2, 0.25) is 0 Å². The first-order valence-corrected chi connectivity index (χ1v) is 12.6. The van der Waals surface area contributed by atoms with E-state index in [4.69, 9.17) is 17.0 Å². The number of anilines is 1. The third-order valence-electron chi connectivity index (χ3n) is 5.07. The highest BCUT2D eigenvalue weighted by Gasteiger charge is 2.11. The second-order valence-corrected chi connectivity index (χ2v) is 9.25. The van der Waals surface area contributed by atoms with E-state index >= 15 is 0 Å². The van der Waals surface area contributed by atoms with E-state index in [2.05, 4.69) is 21.5 Å². The van der Waals surface area contributed by atoms with Gasteiger partial charge in [-0.2, -0.15) is 0 Å². The summed E-state index contributed by atoms with van der Waals surface area (Å²) in [6.45, 7) is 4.25. The monoisotopic (exact) mass is 526 g/mol. The molecule has 0 heterocycles. The minimum absolute atomic E-state index is 0.0700. The summed E-state index contributed by atoms with van der Waals surface area (Å²) in [5.41, 5.74) is 6.99. The summed E-state index contributed by atoms with van der Waals surface area (Å²) < 4.78 is 5.20. The Morgan fingerprint density at radius 1 is 0.865 bits per heavy atom. The van der Waals surface area contributed by atoms with Crippen molar-refractivity contribution in [3.8, 4) is 0 Å². The topological polar surface area (TPSA) is 126 Å². The van der Waals surface area contributed by atoms with Crippen molar-refractivity contribution in [3.05, 3.63) is 65.7 Å². The largest absolute Gasteiger partial charge is 0.466 e. The maximum absolute atomic E-state index is 12.3. The molecule has 0 aromatic heterocycles. The lowest BCUT2D eigenvalue weighted by Gasteiger charge is -2.11. The van der Waals surface area contributed by atoms with Crippen LogP contribution in [-0.4, -0.2) is 35.4 Å². The van der Waals surface area contributed by atoms with E-state index in [1.807, 2.05) is 44.2 Å². The zero-order valence-electron chi connectivity index (χ0n) is 21.2. The molecule has 10 heteroatoms. The van der Waals surface area contributed by atoms with Crippen LogP contribution in [-0.2, 0) is 25.5 Å². The van der Waals surface area contributed by atoms with Crippen LogP contribution in [0, 0.1) is 5.92 Å². The Morgan fingerprint density at radius 3 is 2.24 bits per heavy atom. The summed E-state index contributed by atoms with van der Waals surface area (Å²) in [5.74, 6) is -1.04. The standard InChI is InChI=1S/C27H34N4O5S/c1-19(2)18-24(33)28-22-15-13-21(14-16-22)26(35)30-31-27(37)29-23(32)11-6-12-25(34)36-17-7-10-20-8-4-3-5-9-20/h3-5,8-9,13-16,19H,6-7,10-12,17-18H2,1-2H3,(H,28,33)(H,30,35)(H2,29,31,32,37). The summed E-state index contributed by atoms with van der Waals surface area (Å²) >= 11 is 5.02. The van der Waals surface area contributed by atoms with Crippen molar-refractivity contribution < 1.29 is 23.9 Å². The first kappa shape index (κ1) is 29.4. The zero-order chi connectivity index (χ0) is 27.0. The van der Waals surface area contributed by atoms with Gasteiger partial charge in [-0.25, -0.2) is 0 Å². The molecule has 0 aliphatic carbocycles. The van der Waals surface area contributed by atoms with E-state index in [1.165, 1.54) is 5.56 Å². The van der Waals surface area contributed by atoms with E-state index in [0.717, 1.165) is 12.8 Å². The quantitative estimate of drug-likeness (QED) is 0.144. The average Bonchev–Trinajstić information content (AvgIpc) is 2.85. The molecule has 2 aromatic carbocycles. The number of carbonyl (C=O) groups excluding carboxylic acids is 4. The Bertz CT molecular complexity index is 1060. The van der Waals surface area contributed by atoms with Crippen LogP contribution in [0.4, 0.5) is 5.69 Å². The van der Waals surface area contributed by atoms with E-state index in [0.29, 0.717) is 30.7 Å². The van der Waals surface area contributed by atoms with Gasteiger partial charge in [0.1, 0.15) is 0 Å². The number of nitrogens with one attached hydrogen (secondary N) is 4. The molecular weight excluding hydrogens is 492 g/mol. The number of benzene rings is 2. The van der Waals surface area contributed by atoms with E-state index in [-0.39, 0.29) is 41.7 Å². The lowest BCUT2D eigenvalue weighted by Crippen LogP contribution is -2.48. The Hall–Kier alpha value is -3.79. The normalized spacial score (nSPS) is 10.4. The molecule has 9 nitrogen and oxygen atoms in total. The molecular formula is C27H34N4O5S. The molecule has 0 bridgehead atoms. The Kier molecular flexibility index (Phi) is 12.8. The number of rotatable bonds is 12. The Labute approximate surface area is 222 Å². The smallest absolute Gasteiger partial charge is 0.305 e. The molecule has 0 atom stereocenters. The summed E-state index contributed by atoms with van der Waals surface area (Å²) in [7, 11) is 0. The molecule has 3 amide bonds. The van der Waals surface area contributed by atoms with Crippen molar-refractivity contribution in [2.24, 2.45) is 5.92 Å². The fourth-order valence-electron chi connectivity index (χ4n) is 3.27. The second-order valence-electron chi connectivity index (χ2n) is 8.84. The van der Waals surface area contributed by atoms with E-state index in [1.54, 1.807) is 24.3 Å². The summed E-state index contributed by atoms with van der Waals surface area (Å²) in [4.78, 5) is 47.9. The molecule has 2 aromatic rings. The second kappa shape index (κ2) is 16.1. The third kappa shape index (κ3) is 12.6. The van der Waals surface area contributed by atoms with Gasteiger partial charge in [0.15, 0.2) is 5.11 Å². The molecule has 2 rings (SSSR count). The van der Waals surface area contributed by atoms with Gasteiger partial charge in [-0.05, 0) is 67.2 Å². The highest BCUT2D eigenvalue weighted by Crippen LogP contribution is 2.11. The molecule has 0 fully saturated rings. The van der Waals surface area contributed by atoms with Gasteiger partial charge in [-0.3, -0.25) is 30.0 Å². The fraction of sp³-hybridized carbons (Fsp3) is 0.370. The number of thiocarbonyl (C=S) groups is 1. The van der Waals surface area contributed by atoms with Gasteiger partial charge in [-0.1, -0.05) is 44.2 Å². The van der Waals surface area contributed by atoms with Crippen molar-refractivity contribution in [1.29, 1.82) is 0 Å². The third-order valence-corrected chi connectivity index (χ3v) is 5.27. The van der Waals surface area contributed by atoms with Gasteiger partial charge in [0.2, 0.25) is 11.8 Å². The number of aryl methyl sites for hydroxylation is 1. The van der Waals surface area contributed by atoms with Gasteiger partial charge >= 0.3 is 5.97 Å². The van der Waals surface area contributed by atoms with Crippen LogP contribution in [0.25, 0.3) is 0 Å². The predicted molar refractivity (Wildman–Crippen MR) is 145 cm³/mol. The molecule has 0 unspecified atom stereocenters. The number of hydrogen-bond donors (Lipinski definition) is 4. The average molecular weight is 527 g/mol. The molecule has 4 N–H and O–H groups in total. The number of carbonyl (C=O) groups is 4. The number of esters is 1. The summed E-state index contributed by atoms with van der Waals surface area (Å²) in [6, 6.07) is 16.3. The summed E-state index contributed by atoms with van der Waals surface area (Å²) in [6.07, 6.45) is 2.51. The van der Waals surface area contributed by atoms with Crippen LogP contribution in [0.15, 0.2) is 54.6 Å². The van der Waals surface area contributed by atoms with Gasteiger partial charge in [-0.15, -0.1) is 0 Å². The SMILES string of the molecule is CC(C)CC(=O)Nc1ccc(C(=O)NNC(=S)NC(=O)CCCC(=O)OCCCc2ccccc2)cc1. The minimum atomic E-state index is -0.466. The number of hydrogen-bond acceptors (Lipinski definition) is 6. The van der Waals surface area contributed by atoms with Crippen molar-refractivity contribution >= 4 is 46.7 Å².